The first-order valence-electron chi connectivity index (χ1n) is 6.52. The van der Waals surface area contributed by atoms with E-state index in [1.165, 1.54) is 6.26 Å². The molecule has 6 heteroatoms. The van der Waals surface area contributed by atoms with E-state index in [0.717, 1.165) is 25.1 Å². The molecule has 1 saturated heterocycles. The molecule has 2 aromatic rings. The quantitative estimate of drug-likeness (QED) is 0.869. The van der Waals surface area contributed by atoms with Crippen LogP contribution in [0, 0.1) is 0 Å². The minimum atomic E-state index is -3.30. The Balaban J connectivity index is 2.05. The average molecular weight is 292 g/mol. The van der Waals surface area contributed by atoms with Crippen molar-refractivity contribution in [2.45, 2.75) is 23.8 Å². The fraction of sp³-hybridized carbons (Fsp3) is 0.357. The number of hydrogen-bond acceptors (Lipinski definition) is 5. The van der Waals surface area contributed by atoms with E-state index in [4.69, 9.17) is 4.42 Å². The van der Waals surface area contributed by atoms with Crippen LogP contribution in [0.3, 0.4) is 0 Å². The molecule has 0 aliphatic carbocycles. The monoisotopic (exact) mass is 292 g/mol. The predicted molar refractivity (Wildman–Crippen MR) is 75.4 cm³/mol. The zero-order valence-corrected chi connectivity index (χ0v) is 12.0. The number of hydrogen-bond donors (Lipinski definition) is 0. The van der Waals surface area contributed by atoms with E-state index in [1.807, 2.05) is 17.0 Å². The molecule has 1 aliphatic heterocycles. The van der Waals surface area contributed by atoms with Gasteiger partial charge in [0.1, 0.15) is 16.5 Å². The molecule has 5 nitrogen and oxygen atoms in total. The molecule has 1 fully saturated rings. The summed E-state index contributed by atoms with van der Waals surface area (Å²) in [5.74, 6) is 1.38. The van der Waals surface area contributed by atoms with Gasteiger partial charge >= 0.3 is 0 Å². The van der Waals surface area contributed by atoms with E-state index in [2.05, 4.69) is 4.98 Å². The lowest BCUT2D eigenvalue weighted by Crippen LogP contribution is -2.25. The highest BCUT2D eigenvalue weighted by molar-refractivity contribution is 7.90. The Kier molecular flexibility index (Phi) is 3.25. The molecule has 20 heavy (non-hydrogen) atoms. The molecular formula is C14H16N2O3S. The summed E-state index contributed by atoms with van der Waals surface area (Å²) in [6.07, 6.45) is 6.41. The van der Waals surface area contributed by atoms with Crippen molar-refractivity contribution in [3.8, 4) is 0 Å². The molecule has 0 saturated carbocycles. The second-order valence-corrected chi connectivity index (χ2v) is 6.95. The Morgan fingerprint density at radius 1 is 1.35 bits per heavy atom. The summed E-state index contributed by atoms with van der Waals surface area (Å²) in [4.78, 5) is 6.59. The number of rotatable bonds is 3. The van der Waals surface area contributed by atoms with Gasteiger partial charge in [-0.3, -0.25) is 0 Å². The van der Waals surface area contributed by atoms with Gasteiger partial charge < -0.3 is 9.32 Å². The molecular weight excluding hydrogens is 276 g/mol. The van der Waals surface area contributed by atoms with E-state index in [9.17, 15) is 8.42 Å². The van der Waals surface area contributed by atoms with Crippen molar-refractivity contribution in [2.24, 2.45) is 0 Å². The Labute approximate surface area is 118 Å². The number of sulfone groups is 1. The Bertz CT molecular complexity index is 695. The van der Waals surface area contributed by atoms with Crippen LogP contribution >= 0.6 is 0 Å². The summed E-state index contributed by atoms with van der Waals surface area (Å²) in [5.41, 5.74) is 0. The normalized spacial score (nSPS) is 19.4. The average Bonchev–Trinajstić information content (AvgIpc) is 3.08. The summed E-state index contributed by atoms with van der Waals surface area (Å²) in [6.45, 7) is 0.783. The maximum Gasteiger partial charge on any atom is 0.179 e. The van der Waals surface area contributed by atoms with E-state index in [0.29, 0.717) is 5.82 Å². The molecule has 0 radical (unpaired) electrons. The summed E-state index contributed by atoms with van der Waals surface area (Å²) < 4.78 is 29.3. The van der Waals surface area contributed by atoms with Crippen LogP contribution in [0.2, 0.25) is 0 Å². The van der Waals surface area contributed by atoms with Crippen molar-refractivity contribution in [1.29, 1.82) is 0 Å². The second-order valence-electron chi connectivity index (χ2n) is 4.96. The lowest BCUT2D eigenvalue weighted by molar-refractivity contribution is 0.463. The summed E-state index contributed by atoms with van der Waals surface area (Å²) in [7, 11) is -3.30. The highest BCUT2D eigenvalue weighted by Gasteiger charge is 2.32. The van der Waals surface area contributed by atoms with Gasteiger partial charge in [0, 0.05) is 19.0 Å². The Morgan fingerprint density at radius 3 is 2.90 bits per heavy atom. The third-order valence-electron chi connectivity index (χ3n) is 3.55. The van der Waals surface area contributed by atoms with Crippen LogP contribution in [0.1, 0.15) is 24.6 Å². The Hall–Kier alpha value is -1.82. The number of anilines is 1. The van der Waals surface area contributed by atoms with Gasteiger partial charge in [0.2, 0.25) is 0 Å². The minimum Gasteiger partial charge on any atom is -0.467 e. The molecule has 0 spiro atoms. The van der Waals surface area contributed by atoms with Crippen LogP contribution in [-0.4, -0.2) is 26.2 Å². The number of furan rings is 1. The molecule has 0 aromatic carbocycles. The molecule has 1 aliphatic rings. The number of aromatic nitrogens is 1. The van der Waals surface area contributed by atoms with Crippen molar-refractivity contribution < 1.29 is 12.8 Å². The highest BCUT2D eigenvalue weighted by Crippen LogP contribution is 2.37. The van der Waals surface area contributed by atoms with Gasteiger partial charge in [-0.15, -0.1) is 0 Å². The van der Waals surface area contributed by atoms with Gasteiger partial charge in [-0.1, -0.05) is 0 Å². The molecule has 3 rings (SSSR count). The summed E-state index contributed by atoms with van der Waals surface area (Å²) >= 11 is 0. The highest BCUT2D eigenvalue weighted by atomic mass is 32.2. The zero-order chi connectivity index (χ0) is 14.2. The van der Waals surface area contributed by atoms with Crippen LogP contribution in [-0.2, 0) is 9.84 Å². The van der Waals surface area contributed by atoms with E-state index in [1.54, 1.807) is 24.6 Å². The topological polar surface area (TPSA) is 63.4 Å². The Morgan fingerprint density at radius 2 is 2.20 bits per heavy atom. The number of nitrogens with zero attached hydrogens (tertiary/aromatic N) is 2. The first kappa shape index (κ1) is 13.2. The first-order chi connectivity index (χ1) is 9.57. The van der Waals surface area contributed by atoms with E-state index < -0.39 is 9.84 Å². The SMILES string of the molecule is CS(=O)(=O)c1cccnc1N1CCCC1c1ccco1. The van der Waals surface area contributed by atoms with E-state index >= 15 is 0 Å². The van der Waals surface area contributed by atoms with Crippen LogP contribution in [0.15, 0.2) is 46.0 Å². The lowest BCUT2D eigenvalue weighted by atomic mass is 10.1. The summed E-state index contributed by atoms with van der Waals surface area (Å²) in [5, 5.41) is 0. The minimum absolute atomic E-state index is 0.0559. The second kappa shape index (κ2) is 4.94. The molecule has 0 amide bonds. The number of pyridine rings is 1. The predicted octanol–water partition coefficient (Wildman–Crippen LogP) is 2.42. The van der Waals surface area contributed by atoms with Crippen molar-refractivity contribution in [1.82, 2.24) is 4.98 Å². The van der Waals surface area contributed by atoms with Crippen LogP contribution in [0.4, 0.5) is 5.82 Å². The third kappa shape index (κ3) is 2.31. The largest absolute Gasteiger partial charge is 0.467 e. The van der Waals surface area contributed by atoms with Crippen LogP contribution < -0.4 is 4.90 Å². The first-order valence-corrected chi connectivity index (χ1v) is 8.41. The van der Waals surface area contributed by atoms with Crippen LogP contribution in [0.25, 0.3) is 0 Å². The molecule has 106 valence electrons. The van der Waals surface area contributed by atoms with Gasteiger partial charge in [-0.2, -0.15) is 0 Å². The third-order valence-corrected chi connectivity index (χ3v) is 4.66. The van der Waals surface area contributed by atoms with Crippen molar-refractivity contribution >= 4 is 15.7 Å². The maximum atomic E-state index is 11.9. The standard InChI is InChI=1S/C14H16N2O3S/c1-20(17,18)13-7-2-8-15-14(13)16-9-3-5-11(16)12-6-4-10-19-12/h2,4,6-8,10-11H,3,5,9H2,1H3. The molecule has 0 N–H and O–H groups in total. The van der Waals surface area contributed by atoms with Gasteiger partial charge in [0.05, 0.1) is 12.3 Å². The smallest absolute Gasteiger partial charge is 0.179 e. The lowest BCUT2D eigenvalue weighted by Gasteiger charge is -2.25. The molecule has 0 bridgehead atoms. The zero-order valence-electron chi connectivity index (χ0n) is 11.2. The van der Waals surface area contributed by atoms with Gasteiger partial charge in [0.25, 0.3) is 0 Å². The summed E-state index contributed by atoms with van der Waals surface area (Å²) in [6, 6.07) is 7.08. The molecule has 1 unspecified atom stereocenters. The molecule has 2 aromatic heterocycles. The van der Waals surface area contributed by atoms with Gasteiger partial charge in [0.15, 0.2) is 9.84 Å². The van der Waals surface area contributed by atoms with Crippen LogP contribution in [0.5, 0.6) is 0 Å². The van der Waals surface area contributed by atoms with Gasteiger partial charge in [-0.05, 0) is 37.1 Å². The van der Waals surface area contributed by atoms with Crippen molar-refractivity contribution in [3.63, 3.8) is 0 Å². The van der Waals surface area contributed by atoms with Crippen molar-refractivity contribution in [2.75, 3.05) is 17.7 Å². The van der Waals surface area contributed by atoms with E-state index in [-0.39, 0.29) is 10.9 Å². The fourth-order valence-electron chi connectivity index (χ4n) is 2.68. The molecule has 3 heterocycles. The van der Waals surface area contributed by atoms with Gasteiger partial charge in [-0.25, -0.2) is 13.4 Å². The maximum absolute atomic E-state index is 11.9. The van der Waals surface area contributed by atoms with Crippen molar-refractivity contribution in [3.05, 3.63) is 42.5 Å². The molecule has 1 atom stereocenters. The fourth-order valence-corrected chi connectivity index (χ4v) is 3.51.